The summed E-state index contributed by atoms with van der Waals surface area (Å²) in [6.07, 6.45) is 6.75. The molecule has 0 aromatic rings. The van der Waals surface area contributed by atoms with E-state index < -0.39 is 11.9 Å². The lowest BCUT2D eigenvalue weighted by Crippen LogP contribution is -2.45. The Kier molecular flexibility index (Phi) is 7.90. The van der Waals surface area contributed by atoms with Gasteiger partial charge in [-0.3, -0.25) is 9.59 Å². The molecular formula is C11H18N2O3. The van der Waals surface area contributed by atoms with E-state index in [1.807, 2.05) is 0 Å². The molecule has 0 aliphatic carbocycles. The molecule has 0 aromatic heterocycles. The minimum atomic E-state index is -0.665. The van der Waals surface area contributed by atoms with Crippen LogP contribution in [0.15, 0.2) is 0 Å². The van der Waals surface area contributed by atoms with Crippen molar-refractivity contribution in [1.29, 1.82) is 0 Å². The van der Waals surface area contributed by atoms with Gasteiger partial charge < -0.3 is 15.8 Å². The van der Waals surface area contributed by atoms with Crippen molar-refractivity contribution in [2.75, 3.05) is 13.2 Å². The molecule has 0 spiro atoms. The molecule has 0 fully saturated rings. The molecule has 3 N–H and O–H groups in total. The van der Waals surface area contributed by atoms with E-state index in [1.165, 1.54) is 0 Å². The first-order chi connectivity index (χ1) is 7.61. The Morgan fingerprint density at radius 3 is 2.75 bits per heavy atom. The Balaban J connectivity index is 3.98. The summed E-state index contributed by atoms with van der Waals surface area (Å²) in [6, 6.07) is -0.665. The molecule has 0 aromatic carbocycles. The highest BCUT2D eigenvalue weighted by atomic mass is 16.5. The van der Waals surface area contributed by atoms with Gasteiger partial charge in [0.1, 0.15) is 12.6 Å². The van der Waals surface area contributed by atoms with Crippen molar-refractivity contribution in [3.8, 4) is 12.3 Å². The molecule has 2 amide bonds. The standard InChI is InChI=1S/C11H18N2O3/c1-3-5-6-7-9(11(12)15)13-10(14)8-16-4-2/h1,9H,4-8H2,2H3,(H2,12,15)(H,13,14)/t9-/m0/s1. The molecule has 90 valence electrons. The molecule has 0 saturated heterocycles. The predicted molar refractivity (Wildman–Crippen MR) is 60.3 cm³/mol. The fourth-order valence-electron chi connectivity index (χ4n) is 1.12. The number of hydrogen-bond donors (Lipinski definition) is 2. The first-order valence-corrected chi connectivity index (χ1v) is 5.21. The molecule has 0 aliphatic heterocycles. The van der Waals surface area contributed by atoms with Crippen LogP contribution in [0.4, 0.5) is 0 Å². The van der Waals surface area contributed by atoms with Gasteiger partial charge in [0.2, 0.25) is 11.8 Å². The second-order valence-electron chi connectivity index (χ2n) is 3.26. The number of rotatable bonds is 8. The van der Waals surface area contributed by atoms with Crippen LogP contribution in [0.1, 0.15) is 26.2 Å². The van der Waals surface area contributed by atoms with E-state index in [4.69, 9.17) is 16.9 Å². The molecule has 16 heavy (non-hydrogen) atoms. The summed E-state index contributed by atoms with van der Waals surface area (Å²) in [6.45, 7) is 2.17. The van der Waals surface area contributed by atoms with Gasteiger partial charge in [-0.1, -0.05) is 0 Å². The van der Waals surface area contributed by atoms with E-state index >= 15 is 0 Å². The number of terminal acetylenes is 1. The maximum atomic E-state index is 11.3. The van der Waals surface area contributed by atoms with Crippen LogP contribution in [0, 0.1) is 12.3 Å². The molecule has 5 heteroatoms. The van der Waals surface area contributed by atoms with Crippen LogP contribution < -0.4 is 11.1 Å². The molecule has 0 unspecified atom stereocenters. The maximum Gasteiger partial charge on any atom is 0.246 e. The molecule has 1 atom stereocenters. The summed E-state index contributed by atoms with van der Waals surface area (Å²) in [5, 5.41) is 2.50. The third-order valence-corrected chi connectivity index (χ3v) is 1.93. The molecule has 0 rings (SSSR count). The summed E-state index contributed by atoms with van der Waals surface area (Å²) < 4.78 is 4.91. The zero-order valence-electron chi connectivity index (χ0n) is 9.49. The number of carbonyl (C=O) groups is 2. The summed E-state index contributed by atoms with van der Waals surface area (Å²) in [5.74, 6) is 1.56. The van der Waals surface area contributed by atoms with Gasteiger partial charge in [0.25, 0.3) is 0 Å². The minimum Gasteiger partial charge on any atom is -0.372 e. The summed E-state index contributed by atoms with van der Waals surface area (Å²) >= 11 is 0. The molecule has 0 radical (unpaired) electrons. The SMILES string of the molecule is C#CCCC[C@H](NC(=O)COCC)C(N)=O. The van der Waals surface area contributed by atoms with Gasteiger partial charge in [-0.05, 0) is 19.8 Å². The smallest absolute Gasteiger partial charge is 0.246 e. The van der Waals surface area contributed by atoms with Crippen molar-refractivity contribution in [3.05, 3.63) is 0 Å². The largest absolute Gasteiger partial charge is 0.372 e. The van der Waals surface area contributed by atoms with Crippen LogP contribution >= 0.6 is 0 Å². The number of amides is 2. The molecule has 0 aliphatic rings. The van der Waals surface area contributed by atoms with Crippen molar-refractivity contribution in [2.24, 2.45) is 5.73 Å². The highest BCUT2D eigenvalue weighted by Gasteiger charge is 2.17. The van der Waals surface area contributed by atoms with Crippen molar-refractivity contribution in [1.82, 2.24) is 5.32 Å². The summed E-state index contributed by atoms with van der Waals surface area (Å²) in [4.78, 5) is 22.3. The zero-order valence-corrected chi connectivity index (χ0v) is 9.49. The molecular weight excluding hydrogens is 208 g/mol. The number of hydrogen-bond acceptors (Lipinski definition) is 3. The Bertz CT molecular complexity index is 271. The fraction of sp³-hybridized carbons (Fsp3) is 0.636. The fourth-order valence-corrected chi connectivity index (χ4v) is 1.12. The molecule has 0 saturated carbocycles. The lowest BCUT2D eigenvalue weighted by molar-refractivity contribution is -0.130. The summed E-state index contributed by atoms with van der Waals surface area (Å²) in [5.41, 5.74) is 5.15. The number of ether oxygens (including phenoxy) is 1. The average Bonchev–Trinajstić information content (AvgIpc) is 2.25. The monoisotopic (exact) mass is 226 g/mol. The van der Waals surface area contributed by atoms with Crippen LogP contribution in [0.2, 0.25) is 0 Å². The maximum absolute atomic E-state index is 11.3. The predicted octanol–water partition coefficient (Wildman–Crippen LogP) is -0.203. The Morgan fingerprint density at radius 1 is 1.56 bits per heavy atom. The number of primary amides is 1. The Morgan fingerprint density at radius 2 is 2.25 bits per heavy atom. The molecule has 5 nitrogen and oxygen atoms in total. The third-order valence-electron chi connectivity index (χ3n) is 1.93. The van der Waals surface area contributed by atoms with Crippen LogP contribution in [-0.2, 0) is 14.3 Å². The van der Waals surface area contributed by atoms with Crippen LogP contribution in [-0.4, -0.2) is 31.1 Å². The van der Waals surface area contributed by atoms with E-state index in [9.17, 15) is 9.59 Å². The Labute approximate surface area is 95.7 Å². The van der Waals surface area contributed by atoms with Crippen molar-refractivity contribution in [3.63, 3.8) is 0 Å². The second kappa shape index (κ2) is 8.74. The van der Waals surface area contributed by atoms with Crippen molar-refractivity contribution < 1.29 is 14.3 Å². The highest BCUT2D eigenvalue weighted by Crippen LogP contribution is 2.00. The Hall–Kier alpha value is -1.54. The average molecular weight is 226 g/mol. The van der Waals surface area contributed by atoms with E-state index in [0.717, 1.165) is 0 Å². The number of unbranched alkanes of at least 4 members (excludes halogenated alkanes) is 1. The van der Waals surface area contributed by atoms with Gasteiger partial charge in [-0.2, -0.15) is 0 Å². The van der Waals surface area contributed by atoms with Gasteiger partial charge in [0.15, 0.2) is 0 Å². The number of carbonyl (C=O) groups excluding carboxylic acids is 2. The van der Waals surface area contributed by atoms with Crippen LogP contribution in [0.25, 0.3) is 0 Å². The zero-order chi connectivity index (χ0) is 12.4. The first kappa shape index (κ1) is 14.5. The van der Waals surface area contributed by atoms with Crippen molar-refractivity contribution >= 4 is 11.8 Å². The van der Waals surface area contributed by atoms with E-state index in [2.05, 4.69) is 11.2 Å². The highest BCUT2D eigenvalue weighted by molar-refractivity contribution is 5.86. The molecule has 0 bridgehead atoms. The quantitative estimate of drug-likeness (QED) is 0.444. The second-order valence-corrected chi connectivity index (χ2v) is 3.26. The normalized spacial score (nSPS) is 11.5. The minimum absolute atomic E-state index is 0.0601. The van der Waals surface area contributed by atoms with Crippen LogP contribution in [0.3, 0.4) is 0 Å². The molecule has 0 heterocycles. The van der Waals surface area contributed by atoms with Crippen LogP contribution in [0.5, 0.6) is 0 Å². The van der Waals surface area contributed by atoms with Gasteiger partial charge >= 0.3 is 0 Å². The lowest BCUT2D eigenvalue weighted by atomic mass is 10.1. The number of nitrogens with two attached hydrogens (primary N) is 1. The van der Waals surface area contributed by atoms with Gasteiger partial charge in [0.05, 0.1) is 0 Å². The summed E-state index contributed by atoms with van der Waals surface area (Å²) in [7, 11) is 0. The lowest BCUT2D eigenvalue weighted by Gasteiger charge is -2.14. The number of nitrogens with one attached hydrogen (secondary N) is 1. The third kappa shape index (κ3) is 6.85. The van der Waals surface area contributed by atoms with E-state index in [1.54, 1.807) is 6.92 Å². The van der Waals surface area contributed by atoms with E-state index in [0.29, 0.717) is 25.9 Å². The van der Waals surface area contributed by atoms with Gasteiger partial charge in [0, 0.05) is 13.0 Å². The van der Waals surface area contributed by atoms with Gasteiger partial charge in [-0.25, -0.2) is 0 Å². The first-order valence-electron chi connectivity index (χ1n) is 5.21. The van der Waals surface area contributed by atoms with E-state index in [-0.39, 0.29) is 12.5 Å². The van der Waals surface area contributed by atoms with Crippen molar-refractivity contribution in [2.45, 2.75) is 32.2 Å². The topological polar surface area (TPSA) is 81.4 Å². The van der Waals surface area contributed by atoms with Gasteiger partial charge in [-0.15, -0.1) is 12.3 Å².